The van der Waals surface area contributed by atoms with Gasteiger partial charge in [-0.1, -0.05) is 30.3 Å². The largest absolute Gasteiger partial charge is 0.467 e. The zero-order chi connectivity index (χ0) is 25.0. The number of hydrogen-bond acceptors (Lipinski definition) is 6. The van der Waals surface area contributed by atoms with Crippen LogP contribution in [0.2, 0.25) is 0 Å². The summed E-state index contributed by atoms with van der Waals surface area (Å²) in [6.07, 6.45) is 7.73. The fourth-order valence-corrected chi connectivity index (χ4v) is 4.56. The maximum atomic E-state index is 13.5. The summed E-state index contributed by atoms with van der Waals surface area (Å²) in [7, 11) is 0. The molecular formula is C28H37N3O5. The van der Waals surface area contributed by atoms with E-state index in [1.807, 2.05) is 42.5 Å². The zero-order valence-corrected chi connectivity index (χ0v) is 20.9. The number of carbonyl (C=O) groups excluding carboxylic acids is 2. The van der Waals surface area contributed by atoms with Crippen LogP contribution in [-0.2, 0) is 25.6 Å². The fourth-order valence-electron chi connectivity index (χ4n) is 4.56. The molecule has 1 aromatic carbocycles. The molecule has 2 aliphatic rings. The van der Waals surface area contributed by atoms with Crippen molar-refractivity contribution in [3.63, 3.8) is 0 Å². The van der Waals surface area contributed by atoms with Gasteiger partial charge in [-0.3, -0.25) is 14.5 Å². The van der Waals surface area contributed by atoms with Crippen molar-refractivity contribution in [2.24, 2.45) is 0 Å². The molecule has 8 nitrogen and oxygen atoms in total. The molecule has 0 saturated carbocycles. The average molecular weight is 496 g/mol. The van der Waals surface area contributed by atoms with Gasteiger partial charge < -0.3 is 23.7 Å². The summed E-state index contributed by atoms with van der Waals surface area (Å²) in [6, 6.07) is 13.4. The molecule has 3 heterocycles. The van der Waals surface area contributed by atoms with Crippen molar-refractivity contribution in [2.45, 2.75) is 31.9 Å². The molecule has 2 aliphatic heterocycles. The van der Waals surface area contributed by atoms with Crippen molar-refractivity contribution >= 4 is 17.9 Å². The summed E-state index contributed by atoms with van der Waals surface area (Å²) in [6.45, 7) is 6.27. The van der Waals surface area contributed by atoms with E-state index in [0.29, 0.717) is 19.6 Å². The minimum absolute atomic E-state index is 0.0207. The third-order valence-corrected chi connectivity index (χ3v) is 6.59. The lowest BCUT2D eigenvalue weighted by Crippen LogP contribution is -2.45. The molecular weight excluding hydrogens is 458 g/mol. The third kappa shape index (κ3) is 8.33. The molecule has 2 fully saturated rings. The number of ether oxygens (including phenoxy) is 2. The number of carbonyl (C=O) groups is 2. The van der Waals surface area contributed by atoms with Gasteiger partial charge in [0.05, 0.1) is 32.1 Å². The number of amides is 2. The Hall–Kier alpha value is -2.94. The van der Waals surface area contributed by atoms with Crippen LogP contribution in [0.3, 0.4) is 0 Å². The van der Waals surface area contributed by atoms with E-state index in [1.165, 1.54) is 0 Å². The Bertz CT molecular complexity index is 951. The Kier molecular flexibility index (Phi) is 10.1. The van der Waals surface area contributed by atoms with Gasteiger partial charge >= 0.3 is 0 Å². The van der Waals surface area contributed by atoms with Crippen LogP contribution in [0.4, 0.5) is 0 Å². The highest BCUT2D eigenvalue weighted by molar-refractivity contribution is 5.94. The van der Waals surface area contributed by atoms with Gasteiger partial charge in [0.15, 0.2) is 0 Å². The number of nitrogens with zero attached hydrogens (tertiary/aromatic N) is 3. The Morgan fingerprint density at radius 1 is 1.03 bits per heavy atom. The molecule has 8 heteroatoms. The van der Waals surface area contributed by atoms with Gasteiger partial charge in [0, 0.05) is 45.4 Å². The van der Waals surface area contributed by atoms with Crippen LogP contribution in [0.5, 0.6) is 0 Å². The number of benzene rings is 1. The maximum absolute atomic E-state index is 13.5. The van der Waals surface area contributed by atoms with Crippen LogP contribution in [0.15, 0.2) is 59.2 Å². The third-order valence-electron chi connectivity index (χ3n) is 6.59. The zero-order valence-electron chi connectivity index (χ0n) is 20.9. The quantitative estimate of drug-likeness (QED) is 0.422. The van der Waals surface area contributed by atoms with Gasteiger partial charge in [-0.05, 0) is 43.0 Å². The second kappa shape index (κ2) is 14.0. The normalized spacial score (nSPS) is 18.5. The Morgan fingerprint density at radius 2 is 1.86 bits per heavy atom. The van der Waals surface area contributed by atoms with E-state index in [2.05, 4.69) is 4.90 Å². The average Bonchev–Trinajstić information content (AvgIpc) is 3.62. The summed E-state index contributed by atoms with van der Waals surface area (Å²) in [5.41, 5.74) is 0.947. The Labute approximate surface area is 213 Å². The lowest BCUT2D eigenvalue weighted by atomic mass is 10.2. The smallest absolute Gasteiger partial charge is 0.247 e. The van der Waals surface area contributed by atoms with E-state index in [-0.39, 0.29) is 24.5 Å². The van der Waals surface area contributed by atoms with Crippen LogP contribution in [-0.4, -0.2) is 91.7 Å². The first-order valence-corrected chi connectivity index (χ1v) is 12.9. The molecule has 2 saturated heterocycles. The minimum Gasteiger partial charge on any atom is -0.467 e. The Morgan fingerprint density at radius 3 is 2.58 bits per heavy atom. The van der Waals surface area contributed by atoms with Gasteiger partial charge in [0.2, 0.25) is 11.8 Å². The molecule has 0 bridgehead atoms. The highest BCUT2D eigenvalue weighted by Crippen LogP contribution is 2.16. The molecule has 2 aromatic rings. The lowest BCUT2D eigenvalue weighted by Gasteiger charge is -2.30. The highest BCUT2D eigenvalue weighted by Gasteiger charge is 2.26. The predicted molar refractivity (Wildman–Crippen MR) is 137 cm³/mol. The summed E-state index contributed by atoms with van der Waals surface area (Å²) >= 11 is 0. The summed E-state index contributed by atoms with van der Waals surface area (Å²) in [5.74, 6) is 0.453. The molecule has 0 spiro atoms. The highest BCUT2D eigenvalue weighted by atomic mass is 16.5. The van der Waals surface area contributed by atoms with Gasteiger partial charge in [-0.25, -0.2) is 0 Å². The first-order valence-electron chi connectivity index (χ1n) is 12.9. The number of furan rings is 1. The van der Waals surface area contributed by atoms with E-state index < -0.39 is 0 Å². The molecule has 1 unspecified atom stereocenters. The van der Waals surface area contributed by atoms with Crippen LogP contribution in [0, 0.1) is 0 Å². The molecule has 194 valence electrons. The summed E-state index contributed by atoms with van der Waals surface area (Å²) in [4.78, 5) is 32.5. The van der Waals surface area contributed by atoms with Crippen molar-refractivity contribution in [3.8, 4) is 0 Å². The van der Waals surface area contributed by atoms with Gasteiger partial charge in [0.25, 0.3) is 0 Å². The van der Waals surface area contributed by atoms with E-state index in [9.17, 15) is 9.59 Å². The van der Waals surface area contributed by atoms with Crippen molar-refractivity contribution in [2.75, 3.05) is 59.1 Å². The number of hydrogen-bond donors (Lipinski definition) is 0. The van der Waals surface area contributed by atoms with E-state index in [0.717, 1.165) is 70.0 Å². The predicted octanol–water partition coefficient (Wildman–Crippen LogP) is 3.05. The van der Waals surface area contributed by atoms with Crippen molar-refractivity contribution < 1.29 is 23.5 Å². The standard InChI is InChI=1S/C28H37N3O5/c32-27(12-11-24-7-2-1-3-8-24)30(14-6-13-29-15-19-34-20-16-29)23-28(33)31(21-25-9-4-17-35-25)22-26-10-5-18-36-26/h1-4,7-9,11-12,17,26H,5-6,10,13-16,18-23H2/b12-11+. The number of morpholine rings is 1. The molecule has 0 aliphatic carbocycles. The van der Waals surface area contributed by atoms with E-state index in [4.69, 9.17) is 13.9 Å². The second-order valence-electron chi connectivity index (χ2n) is 9.30. The Balaban J connectivity index is 1.41. The lowest BCUT2D eigenvalue weighted by molar-refractivity contribution is -0.140. The monoisotopic (exact) mass is 495 g/mol. The van der Waals surface area contributed by atoms with Crippen LogP contribution in [0.1, 0.15) is 30.6 Å². The SMILES string of the molecule is O=C(/C=C/c1ccccc1)N(CCCN1CCOCC1)CC(=O)N(Cc1ccco1)CC1CCCO1. The summed E-state index contributed by atoms with van der Waals surface area (Å²) in [5, 5.41) is 0. The molecule has 0 radical (unpaired) electrons. The van der Waals surface area contributed by atoms with Gasteiger partial charge in [0.1, 0.15) is 12.3 Å². The van der Waals surface area contributed by atoms with Crippen molar-refractivity contribution in [1.29, 1.82) is 0 Å². The van der Waals surface area contributed by atoms with Crippen molar-refractivity contribution in [3.05, 3.63) is 66.1 Å². The first kappa shape index (κ1) is 26.1. The molecule has 0 N–H and O–H groups in total. The molecule has 1 aromatic heterocycles. The van der Waals surface area contributed by atoms with Crippen LogP contribution < -0.4 is 0 Å². The van der Waals surface area contributed by atoms with Crippen LogP contribution in [0.25, 0.3) is 6.08 Å². The molecule has 4 rings (SSSR count). The first-order chi connectivity index (χ1) is 17.7. The topological polar surface area (TPSA) is 75.5 Å². The minimum atomic E-state index is -0.163. The van der Waals surface area contributed by atoms with E-state index in [1.54, 1.807) is 28.2 Å². The summed E-state index contributed by atoms with van der Waals surface area (Å²) < 4.78 is 16.7. The van der Waals surface area contributed by atoms with Gasteiger partial charge in [-0.15, -0.1) is 0 Å². The second-order valence-corrected chi connectivity index (χ2v) is 9.30. The van der Waals surface area contributed by atoms with Gasteiger partial charge in [-0.2, -0.15) is 0 Å². The van der Waals surface area contributed by atoms with Crippen molar-refractivity contribution in [1.82, 2.24) is 14.7 Å². The molecule has 1 atom stereocenters. The fraction of sp³-hybridized carbons (Fsp3) is 0.500. The van der Waals surface area contributed by atoms with Crippen LogP contribution >= 0.6 is 0 Å². The number of rotatable bonds is 12. The molecule has 36 heavy (non-hydrogen) atoms. The van der Waals surface area contributed by atoms with E-state index >= 15 is 0 Å². The molecule has 2 amide bonds. The maximum Gasteiger partial charge on any atom is 0.247 e.